The summed E-state index contributed by atoms with van der Waals surface area (Å²) in [5, 5.41) is 6.57. The fourth-order valence-corrected chi connectivity index (χ4v) is 1.64. The Morgan fingerprint density at radius 1 is 1.33 bits per heavy atom. The van der Waals surface area contributed by atoms with Gasteiger partial charge in [-0.3, -0.25) is 4.99 Å². The molecule has 0 atom stereocenters. The van der Waals surface area contributed by atoms with E-state index in [2.05, 4.69) is 36.1 Å². The summed E-state index contributed by atoms with van der Waals surface area (Å²) >= 11 is 0. The molecule has 1 aromatic carbocycles. The van der Waals surface area contributed by atoms with Gasteiger partial charge in [-0.2, -0.15) is 0 Å². The van der Waals surface area contributed by atoms with Crippen molar-refractivity contribution in [1.29, 1.82) is 0 Å². The first-order valence-electron chi connectivity index (χ1n) is 6.93. The van der Waals surface area contributed by atoms with Crippen molar-refractivity contribution in [2.24, 2.45) is 10.9 Å². The summed E-state index contributed by atoms with van der Waals surface area (Å²) in [7, 11) is 1.77. The summed E-state index contributed by atoms with van der Waals surface area (Å²) in [6, 6.07) is 7.97. The summed E-state index contributed by atoms with van der Waals surface area (Å²) < 4.78 is 5.63. The Labute approximate surface area is 145 Å². The number of hydrogen-bond donors (Lipinski definition) is 2. The fourth-order valence-electron chi connectivity index (χ4n) is 1.64. The maximum absolute atomic E-state index is 5.63. The minimum Gasteiger partial charge on any atom is -0.489 e. The van der Waals surface area contributed by atoms with Crippen molar-refractivity contribution in [3.8, 4) is 5.75 Å². The van der Waals surface area contributed by atoms with Gasteiger partial charge in [-0.1, -0.05) is 44.7 Å². The number of rotatable bonds is 7. The lowest BCUT2D eigenvalue weighted by atomic mass is 10.2. The molecule has 0 aliphatic rings. The third-order valence-electron chi connectivity index (χ3n) is 2.68. The van der Waals surface area contributed by atoms with Crippen LogP contribution < -0.4 is 15.4 Å². The normalized spacial score (nSPS) is 10.8. The first kappa shape index (κ1) is 19.8. The average Bonchev–Trinajstić information content (AvgIpc) is 2.46. The van der Waals surface area contributed by atoms with Crippen LogP contribution in [0.2, 0.25) is 0 Å². The minimum atomic E-state index is 0. The van der Waals surface area contributed by atoms with Crippen LogP contribution >= 0.6 is 24.0 Å². The van der Waals surface area contributed by atoms with Crippen molar-refractivity contribution in [3.05, 3.63) is 42.5 Å². The van der Waals surface area contributed by atoms with Gasteiger partial charge in [-0.25, -0.2) is 0 Å². The third kappa shape index (κ3) is 7.94. The zero-order valence-electron chi connectivity index (χ0n) is 13.1. The molecule has 0 unspecified atom stereocenters. The van der Waals surface area contributed by atoms with Crippen LogP contribution in [-0.2, 0) is 6.54 Å². The fraction of sp³-hybridized carbons (Fsp3) is 0.438. The highest BCUT2D eigenvalue weighted by atomic mass is 127. The van der Waals surface area contributed by atoms with Crippen molar-refractivity contribution in [2.75, 3.05) is 20.2 Å². The molecule has 1 rings (SSSR count). The van der Waals surface area contributed by atoms with Crippen LogP contribution in [0.1, 0.15) is 19.4 Å². The maximum atomic E-state index is 5.63. The van der Waals surface area contributed by atoms with Gasteiger partial charge in [0.25, 0.3) is 0 Å². The van der Waals surface area contributed by atoms with Gasteiger partial charge in [0.05, 0.1) is 0 Å². The van der Waals surface area contributed by atoms with Crippen LogP contribution in [0.25, 0.3) is 0 Å². The Bertz CT molecular complexity index is 447. The SMILES string of the molecule is C=CCOc1ccccc1CNC(=NC)NCC(C)C.I. The van der Waals surface area contributed by atoms with Gasteiger partial charge in [0.15, 0.2) is 5.96 Å². The lowest BCUT2D eigenvalue weighted by Crippen LogP contribution is -2.38. The molecule has 0 aromatic heterocycles. The molecule has 0 fully saturated rings. The number of hydrogen-bond acceptors (Lipinski definition) is 2. The van der Waals surface area contributed by atoms with Crippen LogP contribution in [0.5, 0.6) is 5.75 Å². The van der Waals surface area contributed by atoms with Crippen LogP contribution in [-0.4, -0.2) is 26.2 Å². The van der Waals surface area contributed by atoms with Gasteiger partial charge < -0.3 is 15.4 Å². The quantitative estimate of drug-likeness (QED) is 0.318. The number of guanidine groups is 1. The summed E-state index contributed by atoms with van der Waals surface area (Å²) in [5.41, 5.74) is 1.10. The molecule has 0 aliphatic carbocycles. The maximum Gasteiger partial charge on any atom is 0.191 e. The predicted octanol–water partition coefficient (Wildman–Crippen LogP) is 3.19. The number of aliphatic imine (C=N–C) groups is 1. The van der Waals surface area contributed by atoms with Gasteiger partial charge in [0.1, 0.15) is 12.4 Å². The zero-order valence-corrected chi connectivity index (χ0v) is 15.4. The Morgan fingerprint density at radius 2 is 2.05 bits per heavy atom. The second kappa shape index (κ2) is 11.4. The van der Waals surface area contributed by atoms with Crippen LogP contribution in [0.15, 0.2) is 41.9 Å². The molecule has 0 amide bonds. The Balaban J connectivity index is 0.00000400. The van der Waals surface area contributed by atoms with E-state index in [1.807, 2.05) is 24.3 Å². The number of ether oxygens (including phenoxy) is 1. The van der Waals surface area contributed by atoms with Crippen molar-refractivity contribution in [1.82, 2.24) is 10.6 Å². The van der Waals surface area contributed by atoms with Crippen molar-refractivity contribution < 1.29 is 4.74 Å². The van der Waals surface area contributed by atoms with Crippen molar-refractivity contribution in [3.63, 3.8) is 0 Å². The summed E-state index contributed by atoms with van der Waals surface area (Å²) in [4.78, 5) is 4.20. The molecule has 0 saturated heterocycles. The molecule has 0 radical (unpaired) electrons. The van der Waals surface area contributed by atoms with Gasteiger partial charge in [-0.15, -0.1) is 24.0 Å². The van der Waals surface area contributed by atoms with Gasteiger partial charge >= 0.3 is 0 Å². The van der Waals surface area contributed by atoms with Gasteiger partial charge in [-0.05, 0) is 12.0 Å². The van der Waals surface area contributed by atoms with Crippen LogP contribution in [0.4, 0.5) is 0 Å². The Kier molecular flexibility index (Phi) is 10.7. The summed E-state index contributed by atoms with van der Waals surface area (Å²) in [6.07, 6.45) is 1.74. The van der Waals surface area contributed by atoms with E-state index in [4.69, 9.17) is 4.74 Å². The zero-order chi connectivity index (χ0) is 14.8. The molecule has 0 bridgehead atoms. The summed E-state index contributed by atoms with van der Waals surface area (Å²) in [5.74, 6) is 2.26. The highest BCUT2D eigenvalue weighted by Crippen LogP contribution is 2.17. The Hall–Kier alpha value is -1.24. The Morgan fingerprint density at radius 3 is 2.67 bits per heavy atom. The molecule has 0 aliphatic heterocycles. The number of nitrogens with zero attached hydrogens (tertiary/aromatic N) is 1. The van der Waals surface area contributed by atoms with Gasteiger partial charge in [0.2, 0.25) is 0 Å². The monoisotopic (exact) mass is 403 g/mol. The standard InChI is InChI=1S/C16H25N3O.HI/c1-5-10-20-15-9-7-6-8-14(15)12-19-16(17-4)18-11-13(2)3;/h5-9,13H,1,10-12H2,2-4H3,(H2,17,18,19);1H. The predicted molar refractivity (Wildman–Crippen MR) is 101 cm³/mol. The minimum absolute atomic E-state index is 0. The molecular weight excluding hydrogens is 377 g/mol. The molecule has 0 saturated carbocycles. The van der Waals surface area contributed by atoms with E-state index in [1.165, 1.54) is 0 Å². The van der Waals surface area contributed by atoms with E-state index in [-0.39, 0.29) is 24.0 Å². The third-order valence-corrected chi connectivity index (χ3v) is 2.68. The van der Waals surface area contributed by atoms with E-state index in [0.29, 0.717) is 19.1 Å². The van der Waals surface area contributed by atoms with E-state index in [9.17, 15) is 0 Å². The molecule has 5 heteroatoms. The molecule has 2 N–H and O–H groups in total. The molecule has 4 nitrogen and oxygen atoms in total. The van der Waals surface area contributed by atoms with E-state index >= 15 is 0 Å². The second-order valence-electron chi connectivity index (χ2n) is 4.91. The highest BCUT2D eigenvalue weighted by molar-refractivity contribution is 14.0. The number of para-hydroxylation sites is 1. The van der Waals surface area contributed by atoms with E-state index < -0.39 is 0 Å². The molecule has 118 valence electrons. The smallest absolute Gasteiger partial charge is 0.191 e. The molecule has 1 aromatic rings. The van der Waals surface area contributed by atoms with E-state index in [1.54, 1.807) is 13.1 Å². The first-order valence-corrected chi connectivity index (χ1v) is 6.93. The first-order chi connectivity index (χ1) is 9.67. The highest BCUT2D eigenvalue weighted by Gasteiger charge is 2.04. The number of benzene rings is 1. The molecule has 0 spiro atoms. The molecule has 0 heterocycles. The van der Waals surface area contributed by atoms with E-state index in [0.717, 1.165) is 23.8 Å². The lowest BCUT2D eigenvalue weighted by molar-refractivity contribution is 0.358. The van der Waals surface area contributed by atoms with Gasteiger partial charge in [0, 0.05) is 25.7 Å². The van der Waals surface area contributed by atoms with Crippen LogP contribution in [0, 0.1) is 5.92 Å². The van der Waals surface area contributed by atoms with Crippen molar-refractivity contribution >= 4 is 29.9 Å². The van der Waals surface area contributed by atoms with Crippen LogP contribution in [0.3, 0.4) is 0 Å². The number of nitrogens with one attached hydrogen (secondary N) is 2. The lowest BCUT2D eigenvalue weighted by Gasteiger charge is -2.15. The topological polar surface area (TPSA) is 45.6 Å². The molecular formula is C16H26IN3O. The largest absolute Gasteiger partial charge is 0.489 e. The average molecular weight is 403 g/mol. The number of halogens is 1. The molecule has 21 heavy (non-hydrogen) atoms. The second-order valence-corrected chi connectivity index (χ2v) is 4.91. The van der Waals surface area contributed by atoms with Crippen molar-refractivity contribution in [2.45, 2.75) is 20.4 Å². The summed E-state index contributed by atoms with van der Waals surface area (Å²) in [6.45, 7) is 10.1.